The number of para-hydroxylation sites is 1. The largest absolute Gasteiger partial charge is 0.481 e. The number of benzene rings is 1. The van der Waals surface area contributed by atoms with Crippen LogP contribution in [-0.2, 0) is 14.3 Å². The van der Waals surface area contributed by atoms with E-state index in [4.69, 9.17) is 22.1 Å². The number of hydrogen-bond acceptors (Lipinski definition) is 4. The first-order chi connectivity index (χ1) is 15.0. The van der Waals surface area contributed by atoms with Gasteiger partial charge in [0.2, 0.25) is 5.91 Å². The Morgan fingerprint density at radius 1 is 1.00 bits per heavy atom. The summed E-state index contributed by atoms with van der Waals surface area (Å²) in [5.74, 6) is 0.0410. The number of anilines is 1. The molecule has 2 aliphatic heterocycles. The molecule has 8 heteroatoms. The molecule has 4 atom stereocenters. The number of rotatable bonds is 12. The molecule has 0 radical (unpaired) electrons. The van der Waals surface area contributed by atoms with Crippen molar-refractivity contribution in [2.24, 2.45) is 11.8 Å². The van der Waals surface area contributed by atoms with Crippen molar-refractivity contribution in [2.45, 2.75) is 63.6 Å². The minimum absolute atomic E-state index is 0.0765. The van der Waals surface area contributed by atoms with Crippen molar-refractivity contribution in [1.29, 1.82) is 0 Å². The molecule has 2 bridgehead atoms. The maximum Gasteiger partial charge on any atom is 0.303 e. The molecule has 2 saturated heterocycles. The monoisotopic (exact) mass is 447 g/mol. The third kappa shape index (κ3) is 7.47. The minimum Gasteiger partial charge on any atom is -0.481 e. The second kappa shape index (κ2) is 12.0. The van der Waals surface area contributed by atoms with E-state index >= 15 is 0 Å². The predicted molar refractivity (Wildman–Crippen MR) is 124 cm³/mol. The van der Waals surface area contributed by atoms with E-state index in [1.165, 1.54) is 0 Å². The van der Waals surface area contributed by atoms with E-state index in [9.17, 15) is 9.59 Å². The number of thiocarbonyl (C=S) groups is 1. The Labute approximate surface area is 189 Å². The first kappa shape index (κ1) is 23.5. The molecule has 2 fully saturated rings. The SMILES string of the molecule is O=C(O)CCCCCCC1C2CCC(O2)C1CNC(=O)CNC(=S)Nc1ccccc1. The van der Waals surface area contributed by atoms with Gasteiger partial charge in [0.1, 0.15) is 0 Å². The number of unbranched alkanes of at least 4 members (excludes halogenated alkanes) is 3. The number of hydrogen-bond donors (Lipinski definition) is 4. The summed E-state index contributed by atoms with van der Waals surface area (Å²) in [6, 6.07) is 9.59. The fourth-order valence-electron chi connectivity index (χ4n) is 4.71. The molecule has 0 saturated carbocycles. The van der Waals surface area contributed by atoms with Crippen LogP contribution in [0.4, 0.5) is 5.69 Å². The molecule has 0 aliphatic carbocycles. The van der Waals surface area contributed by atoms with Crippen LogP contribution in [0.1, 0.15) is 51.4 Å². The van der Waals surface area contributed by atoms with Crippen LogP contribution in [0.15, 0.2) is 30.3 Å². The highest BCUT2D eigenvalue weighted by atomic mass is 32.1. The third-order valence-corrected chi connectivity index (χ3v) is 6.49. The third-order valence-electron chi connectivity index (χ3n) is 6.24. The van der Waals surface area contributed by atoms with Crippen molar-refractivity contribution < 1.29 is 19.4 Å². The summed E-state index contributed by atoms with van der Waals surface area (Å²) in [5, 5.41) is 18.2. The smallest absolute Gasteiger partial charge is 0.303 e. The van der Waals surface area contributed by atoms with E-state index in [1.807, 2.05) is 30.3 Å². The number of carboxylic acid groups (broad SMARTS) is 1. The molecule has 1 amide bonds. The maximum absolute atomic E-state index is 12.3. The van der Waals surface area contributed by atoms with E-state index in [2.05, 4.69) is 16.0 Å². The topological polar surface area (TPSA) is 99.7 Å². The van der Waals surface area contributed by atoms with Crippen molar-refractivity contribution >= 4 is 34.9 Å². The van der Waals surface area contributed by atoms with Gasteiger partial charge in [-0.25, -0.2) is 0 Å². The van der Waals surface area contributed by atoms with Gasteiger partial charge in [-0.05, 0) is 56.0 Å². The van der Waals surface area contributed by atoms with E-state index < -0.39 is 5.97 Å². The molecule has 1 aromatic carbocycles. The molecule has 170 valence electrons. The number of aliphatic carboxylic acids is 1. The van der Waals surface area contributed by atoms with Crippen molar-refractivity contribution in [3.63, 3.8) is 0 Å². The van der Waals surface area contributed by atoms with Crippen LogP contribution in [0, 0.1) is 11.8 Å². The first-order valence-electron chi connectivity index (χ1n) is 11.3. The van der Waals surface area contributed by atoms with Crippen molar-refractivity contribution in [3.8, 4) is 0 Å². The first-order valence-corrected chi connectivity index (χ1v) is 11.7. The normalized spacial score (nSPS) is 24.0. The molecule has 2 aliphatic rings. The number of carbonyl (C=O) groups is 2. The number of nitrogens with one attached hydrogen (secondary N) is 3. The molecule has 7 nitrogen and oxygen atoms in total. The highest BCUT2D eigenvalue weighted by Crippen LogP contribution is 2.45. The Hall–Kier alpha value is -2.19. The lowest BCUT2D eigenvalue weighted by molar-refractivity contribution is -0.137. The zero-order valence-corrected chi connectivity index (χ0v) is 18.7. The molecule has 4 unspecified atom stereocenters. The van der Waals surface area contributed by atoms with Gasteiger partial charge in [0.25, 0.3) is 0 Å². The highest BCUT2D eigenvalue weighted by molar-refractivity contribution is 7.80. The Morgan fingerprint density at radius 2 is 1.71 bits per heavy atom. The summed E-state index contributed by atoms with van der Waals surface area (Å²) in [6.07, 6.45) is 7.92. The van der Waals surface area contributed by atoms with E-state index in [1.54, 1.807) is 0 Å². The van der Waals surface area contributed by atoms with Gasteiger partial charge in [0.15, 0.2) is 5.11 Å². The van der Waals surface area contributed by atoms with Crippen LogP contribution in [0.2, 0.25) is 0 Å². The summed E-state index contributed by atoms with van der Waals surface area (Å²) in [4.78, 5) is 22.9. The molecule has 0 spiro atoms. The lowest BCUT2D eigenvalue weighted by Crippen LogP contribution is -2.43. The molecule has 31 heavy (non-hydrogen) atoms. The van der Waals surface area contributed by atoms with Crippen LogP contribution in [0.3, 0.4) is 0 Å². The average molecular weight is 448 g/mol. The number of ether oxygens (including phenoxy) is 1. The van der Waals surface area contributed by atoms with Crippen LogP contribution in [-0.4, -0.2) is 47.4 Å². The van der Waals surface area contributed by atoms with Gasteiger partial charge in [-0.1, -0.05) is 37.5 Å². The Kier molecular flexibility index (Phi) is 9.09. The van der Waals surface area contributed by atoms with E-state index in [0.29, 0.717) is 29.6 Å². The molecule has 2 heterocycles. The van der Waals surface area contributed by atoms with Gasteiger partial charge in [0, 0.05) is 24.6 Å². The second-order valence-corrected chi connectivity index (χ2v) is 8.85. The van der Waals surface area contributed by atoms with Gasteiger partial charge < -0.3 is 25.8 Å². The minimum atomic E-state index is -0.719. The quantitative estimate of drug-likeness (QED) is 0.288. The van der Waals surface area contributed by atoms with Gasteiger partial charge in [0.05, 0.1) is 18.8 Å². The Morgan fingerprint density at radius 3 is 2.45 bits per heavy atom. The fourth-order valence-corrected chi connectivity index (χ4v) is 4.90. The standard InChI is InChI=1S/C23H33N3O4S/c27-21(15-25-23(31)26-16-8-4-3-5-9-16)24-14-18-17(19-12-13-20(18)30-19)10-6-1-2-7-11-22(28)29/h3-5,8-9,17-20H,1-2,6-7,10-15H2,(H,24,27)(H,28,29)(H2,25,26,31). The van der Waals surface area contributed by atoms with Gasteiger partial charge in [-0.3, -0.25) is 9.59 Å². The molecular weight excluding hydrogens is 414 g/mol. The van der Waals surface area contributed by atoms with Gasteiger partial charge >= 0.3 is 5.97 Å². The van der Waals surface area contributed by atoms with Crippen LogP contribution in [0.5, 0.6) is 0 Å². The average Bonchev–Trinajstić information content (AvgIpc) is 3.35. The molecule has 0 aromatic heterocycles. The maximum atomic E-state index is 12.3. The van der Waals surface area contributed by atoms with Crippen molar-refractivity contribution in [2.75, 3.05) is 18.4 Å². The van der Waals surface area contributed by atoms with Crippen LogP contribution >= 0.6 is 12.2 Å². The summed E-state index contributed by atoms with van der Waals surface area (Å²) in [5.41, 5.74) is 0.880. The Bertz CT molecular complexity index is 746. The zero-order chi connectivity index (χ0) is 22.1. The number of amides is 1. The zero-order valence-electron chi connectivity index (χ0n) is 17.8. The fraction of sp³-hybridized carbons (Fsp3) is 0.609. The van der Waals surface area contributed by atoms with E-state index in [0.717, 1.165) is 50.6 Å². The number of carboxylic acids is 1. The Balaban J connectivity index is 1.34. The van der Waals surface area contributed by atoms with Crippen LogP contribution < -0.4 is 16.0 Å². The molecular formula is C23H33N3O4S. The van der Waals surface area contributed by atoms with Crippen molar-refractivity contribution in [3.05, 3.63) is 30.3 Å². The predicted octanol–water partition coefficient (Wildman–Crippen LogP) is 3.31. The molecule has 1 aromatic rings. The summed E-state index contributed by atoms with van der Waals surface area (Å²) >= 11 is 5.25. The van der Waals surface area contributed by atoms with E-state index in [-0.39, 0.29) is 25.0 Å². The van der Waals surface area contributed by atoms with Gasteiger partial charge in [-0.15, -0.1) is 0 Å². The second-order valence-electron chi connectivity index (χ2n) is 8.44. The lowest BCUT2D eigenvalue weighted by atomic mass is 9.76. The van der Waals surface area contributed by atoms with Crippen LogP contribution in [0.25, 0.3) is 0 Å². The molecule has 3 rings (SSSR count). The summed E-state index contributed by atoms with van der Waals surface area (Å²) < 4.78 is 6.13. The highest BCUT2D eigenvalue weighted by Gasteiger charge is 2.48. The number of carbonyl (C=O) groups excluding carboxylic acids is 1. The van der Waals surface area contributed by atoms with Gasteiger partial charge in [-0.2, -0.15) is 0 Å². The number of fused-ring (bicyclic) bond motifs is 2. The lowest BCUT2D eigenvalue weighted by Gasteiger charge is -2.28. The summed E-state index contributed by atoms with van der Waals surface area (Å²) in [6.45, 7) is 0.763. The molecule has 4 N–H and O–H groups in total. The summed E-state index contributed by atoms with van der Waals surface area (Å²) in [7, 11) is 0. The van der Waals surface area contributed by atoms with Crippen molar-refractivity contribution in [1.82, 2.24) is 10.6 Å².